The lowest BCUT2D eigenvalue weighted by Gasteiger charge is -2.37. The first-order chi connectivity index (χ1) is 12.4. The molecule has 1 aromatic heterocycles. The van der Waals surface area contributed by atoms with Gasteiger partial charge in [-0.15, -0.1) is 11.3 Å². The second-order valence-electron chi connectivity index (χ2n) is 6.10. The van der Waals surface area contributed by atoms with Crippen LogP contribution in [-0.2, 0) is 16.3 Å². The topological polar surface area (TPSA) is 63.2 Å². The third-order valence-electron chi connectivity index (χ3n) is 4.44. The van der Waals surface area contributed by atoms with Gasteiger partial charge >= 0.3 is 12.2 Å². The number of rotatable bonds is 4. The third kappa shape index (κ3) is 4.34. The highest BCUT2D eigenvalue weighted by molar-refractivity contribution is 7.13. The molecule has 26 heavy (non-hydrogen) atoms. The molecule has 0 saturated carbocycles. The van der Waals surface area contributed by atoms with Gasteiger partial charge in [0.2, 0.25) is 0 Å². The molecule has 1 fully saturated rings. The SMILES string of the molecule is O=C(NCC1(c2ccccc2)CCOCC1)Nc1nc(C(F)(F)F)cs1. The van der Waals surface area contributed by atoms with Gasteiger partial charge in [-0.25, -0.2) is 9.78 Å². The Labute approximate surface area is 152 Å². The van der Waals surface area contributed by atoms with Crippen LogP contribution in [0.4, 0.5) is 23.1 Å². The number of aromatic nitrogens is 1. The van der Waals surface area contributed by atoms with Gasteiger partial charge in [0.25, 0.3) is 0 Å². The van der Waals surface area contributed by atoms with Crippen LogP contribution >= 0.6 is 11.3 Å². The van der Waals surface area contributed by atoms with E-state index in [1.807, 2.05) is 30.3 Å². The molecule has 1 aliphatic rings. The van der Waals surface area contributed by atoms with Crippen molar-refractivity contribution >= 4 is 22.5 Å². The maximum absolute atomic E-state index is 12.6. The fourth-order valence-electron chi connectivity index (χ4n) is 2.97. The summed E-state index contributed by atoms with van der Waals surface area (Å²) in [6.07, 6.45) is -3.01. The molecular formula is C17H18F3N3O2S. The molecular weight excluding hydrogens is 367 g/mol. The molecule has 1 saturated heterocycles. The second-order valence-corrected chi connectivity index (χ2v) is 6.96. The van der Waals surface area contributed by atoms with Crippen LogP contribution in [0.15, 0.2) is 35.7 Å². The summed E-state index contributed by atoms with van der Waals surface area (Å²) in [5.41, 5.74) is -0.156. The summed E-state index contributed by atoms with van der Waals surface area (Å²) in [5.74, 6) is 0. The lowest BCUT2D eigenvalue weighted by Crippen LogP contribution is -2.45. The second kappa shape index (κ2) is 7.63. The predicted molar refractivity (Wildman–Crippen MR) is 92.3 cm³/mol. The van der Waals surface area contributed by atoms with Crippen molar-refractivity contribution in [2.24, 2.45) is 0 Å². The highest BCUT2D eigenvalue weighted by atomic mass is 32.1. The zero-order valence-electron chi connectivity index (χ0n) is 13.8. The van der Waals surface area contributed by atoms with E-state index in [0.717, 1.165) is 35.1 Å². The smallest absolute Gasteiger partial charge is 0.381 e. The van der Waals surface area contributed by atoms with Crippen molar-refractivity contribution in [2.75, 3.05) is 25.1 Å². The molecule has 5 nitrogen and oxygen atoms in total. The molecule has 2 N–H and O–H groups in total. The van der Waals surface area contributed by atoms with Crippen LogP contribution in [0.5, 0.6) is 0 Å². The Morgan fingerprint density at radius 1 is 1.23 bits per heavy atom. The highest BCUT2D eigenvalue weighted by Gasteiger charge is 2.35. The number of thiazole rings is 1. The van der Waals surface area contributed by atoms with Crippen LogP contribution in [0, 0.1) is 0 Å². The quantitative estimate of drug-likeness (QED) is 0.835. The van der Waals surface area contributed by atoms with E-state index in [9.17, 15) is 18.0 Å². The number of hydrogen-bond donors (Lipinski definition) is 2. The Morgan fingerprint density at radius 2 is 1.92 bits per heavy atom. The number of benzene rings is 1. The number of hydrogen-bond acceptors (Lipinski definition) is 4. The van der Waals surface area contributed by atoms with Crippen molar-refractivity contribution in [3.05, 3.63) is 47.0 Å². The van der Waals surface area contributed by atoms with Gasteiger partial charge in [-0.05, 0) is 18.4 Å². The van der Waals surface area contributed by atoms with Crippen molar-refractivity contribution < 1.29 is 22.7 Å². The van der Waals surface area contributed by atoms with E-state index < -0.39 is 17.9 Å². The molecule has 0 spiro atoms. The minimum atomic E-state index is -4.52. The van der Waals surface area contributed by atoms with Crippen LogP contribution in [-0.4, -0.2) is 30.8 Å². The Bertz CT molecular complexity index is 743. The van der Waals surface area contributed by atoms with Gasteiger partial charge in [0.15, 0.2) is 10.8 Å². The van der Waals surface area contributed by atoms with Crippen LogP contribution in [0.2, 0.25) is 0 Å². The standard InChI is InChI=1S/C17H18F3N3O2S/c18-17(19,20)13-10-26-15(22-13)23-14(24)21-11-16(6-8-25-9-7-16)12-4-2-1-3-5-12/h1-5,10H,6-9,11H2,(H2,21,22,23,24). The molecule has 0 atom stereocenters. The van der Waals surface area contributed by atoms with Crippen molar-refractivity contribution in [1.29, 1.82) is 0 Å². The summed E-state index contributed by atoms with van der Waals surface area (Å²) in [7, 11) is 0. The van der Waals surface area contributed by atoms with E-state index in [1.54, 1.807) is 0 Å². The maximum atomic E-state index is 12.6. The number of carbonyl (C=O) groups is 1. The number of ether oxygens (including phenoxy) is 1. The number of nitrogens with zero attached hydrogens (tertiary/aromatic N) is 1. The summed E-state index contributed by atoms with van der Waals surface area (Å²) in [6, 6.07) is 9.27. The number of alkyl halides is 3. The average Bonchev–Trinajstić information content (AvgIpc) is 3.10. The molecule has 2 amide bonds. The molecule has 0 aliphatic carbocycles. The first-order valence-electron chi connectivity index (χ1n) is 8.10. The third-order valence-corrected chi connectivity index (χ3v) is 5.20. The Kier molecular flexibility index (Phi) is 5.47. The largest absolute Gasteiger partial charge is 0.434 e. The molecule has 140 valence electrons. The monoisotopic (exact) mass is 385 g/mol. The van der Waals surface area contributed by atoms with Crippen LogP contribution in [0.1, 0.15) is 24.1 Å². The minimum absolute atomic E-state index is 0.0874. The molecule has 2 heterocycles. The lowest BCUT2D eigenvalue weighted by atomic mass is 9.74. The number of amides is 2. The number of urea groups is 1. The van der Waals surface area contributed by atoms with Gasteiger partial charge in [-0.2, -0.15) is 13.2 Å². The molecule has 1 aliphatic heterocycles. The zero-order chi connectivity index (χ0) is 18.6. The van der Waals surface area contributed by atoms with Crippen molar-refractivity contribution in [2.45, 2.75) is 24.4 Å². The Morgan fingerprint density at radius 3 is 2.54 bits per heavy atom. The number of nitrogens with one attached hydrogen (secondary N) is 2. The molecule has 2 aromatic rings. The van der Waals surface area contributed by atoms with Crippen molar-refractivity contribution in [1.82, 2.24) is 10.3 Å². The maximum Gasteiger partial charge on any atom is 0.434 e. The lowest BCUT2D eigenvalue weighted by molar-refractivity contribution is -0.140. The molecule has 3 rings (SSSR count). The number of halogens is 3. The van der Waals surface area contributed by atoms with Crippen LogP contribution in [0.3, 0.4) is 0 Å². The molecule has 9 heteroatoms. The first-order valence-corrected chi connectivity index (χ1v) is 8.98. The van der Waals surface area contributed by atoms with Gasteiger partial charge in [-0.1, -0.05) is 30.3 Å². The van der Waals surface area contributed by atoms with E-state index >= 15 is 0 Å². The van der Waals surface area contributed by atoms with Crippen molar-refractivity contribution in [3.63, 3.8) is 0 Å². The summed E-state index contributed by atoms with van der Waals surface area (Å²) in [5, 5.41) is 5.92. The first kappa shape index (κ1) is 18.7. The summed E-state index contributed by atoms with van der Waals surface area (Å²) in [6.45, 7) is 1.56. The van der Waals surface area contributed by atoms with Crippen LogP contribution < -0.4 is 10.6 Å². The van der Waals surface area contributed by atoms with E-state index in [4.69, 9.17) is 4.74 Å². The number of anilines is 1. The van der Waals surface area contributed by atoms with E-state index in [0.29, 0.717) is 19.8 Å². The number of carbonyl (C=O) groups excluding carboxylic acids is 1. The Balaban J connectivity index is 1.64. The van der Waals surface area contributed by atoms with Crippen molar-refractivity contribution in [3.8, 4) is 0 Å². The van der Waals surface area contributed by atoms with E-state index in [-0.39, 0.29) is 10.5 Å². The highest BCUT2D eigenvalue weighted by Crippen LogP contribution is 2.34. The zero-order valence-corrected chi connectivity index (χ0v) is 14.6. The fourth-order valence-corrected chi connectivity index (χ4v) is 3.69. The summed E-state index contributed by atoms with van der Waals surface area (Å²) < 4.78 is 43.2. The van der Waals surface area contributed by atoms with E-state index in [1.165, 1.54) is 0 Å². The van der Waals surface area contributed by atoms with Crippen LogP contribution in [0.25, 0.3) is 0 Å². The summed E-state index contributed by atoms with van der Waals surface area (Å²) >= 11 is 0.739. The van der Waals surface area contributed by atoms with Gasteiger partial charge in [0, 0.05) is 30.6 Å². The molecule has 0 radical (unpaired) electrons. The van der Waals surface area contributed by atoms with Gasteiger partial charge < -0.3 is 10.1 Å². The van der Waals surface area contributed by atoms with Gasteiger partial charge in [0.05, 0.1) is 0 Å². The minimum Gasteiger partial charge on any atom is -0.381 e. The molecule has 0 unspecified atom stereocenters. The van der Waals surface area contributed by atoms with E-state index in [2.05, 4.69) is 15.6 Å². The Hall–Kier alpha value is -2.13. The summed E-state index contributed by atoms with van der Waals surface area (Å²) in [4.78, 5) is 15.5. The average molecular weight is 385 g/mol. The molecule has 1 aromatic carbocycles. The predicted octanol–water partition coefficient (Wildman–Crippen LogP) is 4.03. The normalized spacial score (nSPS) is 16.9. The van der Waals surface area contributed by atoms with Gasteiger partial charge in [-0.3, -0.25) is 5.32 Å². The fraction of sp³-hybridized carbons (Fsp3) is 0.412. The van der Waals surface area contributed by atoms with Gasteiger partial charge in [0.1, 0.15) is 0 Å². The molecule has 0 bridgehead atoms.